The maximum absolute atomic E-state index is 13.4. The minimum Gasteiger partial charge on any atom is -0.480 e. The average molecular weight is 452 g/mol. The van der Waals surface area contributed by atoms with E-state index in [-0.39, 0.29) is 11.6 Å². The Morgan fingerprint density at radius 2 is 1.75 bits per heavy atom. The second kappa shape index (κ2) is 9.41. The molecule has 0 heterocycles. The van der Waals surface area contributed by atoms with E-state index in [2.05, 4.69) is 9.73 Å². The molecule has 0 aliphatic heterocycles. The van der Waals surface area contributed by atoms with Crippen LogP contribution in [0.3, 0.4) is 0 Å². The van der Waals surface area contributed by atoms with Crippen LogP contribution >= 0.6 is 34.8 Å². The number of benzene rings is 2. The Hall–Kier alpha value is -2.09. The molecule has 2 aromatic rings. The molecule has 0 aromatic heterocycles. The van der Waals surface area contributed by atoms with Crippen LogP contribution in [-0.4, -0.2) is 37.0 Å². The summed E-state index contributed by atoms with van der Waals surface area (Å²) in [6.45, 7) is 0. The van der Waals surface area contributed by atoms with Gasteiger partial charge in [-0.2, -0.15) is 13.8 Å². The summed E-state index contributed by atoms with van der Waals surface area (Å²) in [5.74, 6) is -0.129. The van der Waals surface area contributed by atoms with Gasteiger partial charge < -0.3 is 9.47 Å². The van der Waals surface area contributed by atoms with Crippen molar-refractivity contribution in [2.75, 3.05) is 19.1 Å². The molecule has 2 amide bonds. The number of urea groups is 1. The molecule has 28 heavy (non-hydrogen) atoms. The lowest BCUT2D eigenvalue weighted by molar-refractivity contribution is -0.163. The summed E-state index contributed by atoms with van der Waals surface area (Å²) in [4.78, 5) is 15.5. The fraction of sp³-hybridized carbons (Fsp3) is 0.222. The third-order valence-corrected chi connectivity index (χ3v) is 4.35. The molecule has 2 rings (SSSR count). The predicted octanol–water partition coefficient (Wildman–Crippen LogP) is 5.76. The van der Waals surface area contributed by atoms with E-state index >= 15 is 0 Å². The van der Waals surface area contributed by atoms with Gasteiger partial charge in [-0.25, -0.2) is 4.79 Å². The van der Waals surface area contributed by atoms with Gasteiger partial charge in [-0.3, -0.25) is 4.90 Å². The Kier molecular flexibility index (Phi) is 7.46. The number of alkyl halides is 4. The maximum Gasteiger partial charge on any atom is 0.428 e. The average Bonchev–Trinajstić information content (AvgIpc) is 2.66. The molecule has 0 fully saturated rings. The van der Waals surface area contributed by atoms with Crippen LogP contribution in [0.15, 0.2) is 53.5 Å². The normalized spacial score (nSPS) is 12.1. The zero-order valence-corrected chi connectivity index (χ0v) is 17.0. The molecular weight excluding hydrogens is 437 g/mol. The monoisotopic (exact) mass is 450 g/mol. The van der Waals surface area contributed by atoms with E-state index < -0.39 is 17.0 Å². The van der Waals surface area contributed by atoms with Crippen molar-refractivity contribution in [3.05, 3.63) is 59.1 Å². The van der Waals surface area contributed by atoms with E-state index in [1.807, 2.05) is 0 Å². The molecule has 0 radical (unpaired) electrons. The van der Waals surface area contributed by atoms with Gasteiger partial charge in [0, 0.05) is 12.7 Å². The molecule has 2 aromatic carbocycles. The minimum absolute atomic E-state index is 0.0392. The molecule has 0 saturated carbocycles. The van der Waals surface area contributed by atoms with Gasteiger partial charge in [0.25, 0.3) is 0 Å². The molecule has 0 N–H and O–H groups in total. The fourth-order valence-corrected chi connectivity index (χ4v) is 2.37. The molecular formula is C18H15Cl3F2N2O3. The van der Waals surface area contributed by atoms with Gasteiger partial charge in [-0.15, -0.1) is 0 Å². The van der Waals surface area contributed by atoms with Crippen LogP contribution in [0.2, 0.25) is 5.02 Å². The summed E-state index contributed by atoms with van der Waals surface area (Å²) in [7, 11) is 2.83. The fourth-order valence-electron chi connectivity index (χ4n) is 2.06. The second-order valence-corrected chi connectivity index (χ2v) is 6.90. The smallest absolute Gasteiger partial charge is 0.428 e. The summed E-state index contributed by atoms with van der Waals surface area (Å²) in [6, 6.07) is 11.4. The molecule has 5 nitrogen and oxygen atoms in total. The molecule has 0 aliphatic carbocycles. The standard InChI is InChI=1S/C18H15Cl3F2N2O3/c1-25(11-7-9-12(10-8-11)28-18(22,23)16(20)21)17(26)24-15(27-2)13-5-3-4-6-14(13)19/h3-10,16H,1-2H3/b24-15-. The SMILES string of the molecule is CO/C(=N\C(=O)N(C)c1ccc(OC(F)(F)C(Cl)Cl)cc1)c1ccccc1Cl. The summed E-state index contributed by atoms with van der Waals surface area (Å²) in [5, 5.41) is 0.373. The highest BCUT2D eigenvalue weighted by Gasteiger charge is 2.40. The summed E-state index contributed by atoms with van der Waals surface area (Å²) in [5.41, 5.74) is 0.837. The zero-order chi connectivity index (χ0) is 20.9. The van der Waals surface area contributed by atoms with Crippen molar-refractivity contribution >= 4 is 52.4 Å². The van der Waals surface area contributed by atoms with Crippen LogP contribution in [0.1, 0.15) is 5.56 Å². The highest BCUT2D eigenvalue weighted by molar-refractivity contribution is 6.44. The van der Waals surface area contributed by atoms with E-state index in [1.165, 1.54) is 43.3 Å². The number of nitrogens with zero attached hydrogens (tertiary/aromatic N) is 2. The Morgan fingerprint density at radius 1 is 1.14 bits per heavy atom. The number of amides is 2. The zero-order valence-electron chi connectivity index (χ0n) is 14.7. The van der Waals surface area contributed by atoms with Gasteiger partial charge >= 0.3 is 12.1 Å². The maximum atomic E-state index is 13.4. The summed E-state index contributed by atoms with van der Waals surface area (Å²) in [6.07, 6.45) is -3.75. The van der Waals surface area contributed by atoms with E-state index in [1.54, 1.807) is 24.3 Å². The summed E-state index contributed by atoms with van der Waals surface area (Å²) < 4.78 is 36.4. The Morgan fingerprint density at radius 3 is 2.29 bits per heavy atom. The van der Waals surface area contributed by atoms with Crippen LogP contribution in [0, 0.1) is 0 Å². The number of aliphatic imine (C=N–C) groups is 1. The second-order valence-electron chi connectivity index (χ2n) is 5.40. The minimum atomic E-state index is -3.75. The lowest BCUT2D eigenvalue weighted by atomic mass is 10.2. The van der Waals surface area contributed by atoms with Crippen LogP contribution in [0.25, 0.3) is 0 Å². The number of halogens is 5. The van der Waals surface area contributed by atoms with Crippen molar-refractivity contribution in [3.63, 3.8) is 0 Å². The van der Waals surface area contributed by atoms with Gasteiger partial charge in [-0.05, 0) is 36.4 Å². The van der Waals surface area contributed by atoms with Gasteiger partial charge in [0.15, 0.2) is 0 Å². The number of carbonyl (C=O) groups excluding carboxylic acids is 1. The van der Waals surface area contributed by atoms with Gasteiger partial charge in [0.1, 0.15) is 5.75 Å². The first-order valence-corrected chi connectivity index (χ1v) is 9.01. The van der Waals surface area contributed by atoms with Crippen molar-refractivity contribution in [1.29, 1.82) is 0 Å². The molecule has 150 valence electrons. The van der Waals surface area contributed by atoms with Crippen molar-refractivity contribution in [2.45, 2.75) is 10.9 Å². The van der Waals surface area contributed by atoms with Crippen LogP contribution in [-0.2, 0) is 4.74 Å². The van der Waals surface area contributed by atoms with Gasteiger partial charge in [0.2, 0.25) is 10.7 Å². The number of carbonyl (C=O) groups is 1. The van der Waals surface area contributed by atoms with Crippen molar-refractivity contribution in [3.8, 4) is 5.75 Å². The van der Waals surface area contributed by atoms with Crippen molar-refractivity contribution in [2.24, 2.45) is 4.99 Å². The number of hydrogen-bond acceptors (Lipinski definition) is 3. The van der Waals surface area contributed by atoms with Gasteiger partial charge in [-0.1, -0.05) is 46.9 Å². The van der Waals surface area contributed by atoms with Crippen LogP contribution < -0.4 is 9.64 Å². The van der Waals surface area contributed by atoms with E-state index in [4.69, 9.17) is 39.5 Å². The Balaban J connectivity index is 2.17. The van der Waals surface area contributed by atoms with E-state index in [9.17, 15) is 13.6 Å². The predicted molar refractivity (Wildman–Crippen MR) is 106 cm³/mol. The first-order valence-electron chi connectivity index (χ1n) is 7.76. The van der Waals surface area contributed by atoms with Crippen molar-refractivity contribution < 1.29 is 23.0 Å². The molecule has 10 heteroatoms. The Bertz CT molecular complexity index is 861. The molecule has 0 bridgehead atoms. The lowest BCUT2D eigenvalue weighted by Crippen LogP contribution is -2.32. The number of anilines is 1. The third-order valence-electron chi connectivity index (χ3n) is 3.51. The number of rotatable bonds is 5. The first-order chi connectivity index (χ1) is 13.2. The van der Waals surface area contributed by atoms with Gasteiger partial charge in [0.05, 0.1) is 17.7 Å². The topological polar surface area (TPSA) is 51.1 Å². The number of hydrogen-bond donors (Lipinski definition) is 0. The molecule has 0 aliphatic rings. The van der Waals surface area contributed by atoms with Crippen molar-refractivity contribution in [1.82, 2.24) is 0 Å². The molecule has 0 saturated heterocycles. The largest absolute Gasteiger partial charge is 0.480 e. The van der Waals surface area contributed by atoms with E-state index in [0.29, 0.717) is 16.3 Å². The number of ether oxygens (including phenoxy) is 2. The quantitative estimate of drug-likeness (QED) is 0.330. The molecule has 0 unspecified atom stereocenters. The number of methoxy groups -OCH3 is 1. The highest BCUT2D eigenvalue weighted by atomic mass is 35.5. The van der Waals surface area contributed by atoms with E-state index in [0.717, 1.165) is 0 Å². The molecule has 0 atom stereocenters. The van der Waals surface area contributed by atoms with Crippen LogP contribution in [0.5, 0.6) is 5.75 Å². The summed E-state index contributed by atoms with van der Waals surface area (Å²) >= 11 is 16.4. The highest BCUT2D eigenvalue weighted by Crippen LogP contribution is 2.31. The Labute approximate surface area is 175 Å². The first kappa shape index (κ1) is 22.2. The third kappa shape index (κ3) is 5.47. The molecule has 0 spiro atoms. The van der Waals surface area contributed by atoms with Crippen LogP contribution in [0.4, 0.5) is 19.3 Å². The lowest BCUT2D eigenvalue weighted by Gasteiger charge is -2.20.